The lowest BCUT2D eigenvalue weighted by Gasteiger charge is -1.96. The summed E-state index contributed by atoms with van der Waals surface area (Å²) in [5.74, 6) is -0.836. The maximum Gasteiger partial charge on any atom is 0.307 e. The Labute approximate surface area is 135 Å². The first kappa shape index (κ1) is 20.4. The Hall–Kier alpha value is -1.57. The zero-order valence-corrected chi connectivity index (χ0v) is 13.8. The van der Waals surface area contributed by atoms with Gasteiger partial charge in [0.25, 0.3) is 0 Å². The van der Waals surface area contributed by atoms with Crippen molar-refractivity contribution in [2.45, 2.75) is 58.3 Å². The second kappa shape index (κ2) is 17.5. The number of carboxylic acid groups (broad SMARTS) is 1. The zero-order chi connectivity index (χ0) is 16.3. The van der Waals surface area contributed by atoms with Crippen molar-refractivity contribution < 1.29 is 14.6 Å². The van der Waals surface area contributed by atoms with Crippen molar-refractivity contribution in [2.24, 2.45) is 0 Å². The van der Waals surface area contributed by atoms with Crippen LogP contribution in [0.5, 0.6) is 0 Å². The lowest BCUT2D eigenvalue weighted by atomic mass is 10.1. The van der Waals surface area contributed by atoms with Crippen molar-refractivity contribution in [2.75, 3.05) is 13.2 Å². The quantitative estimate of drug-likeness (QED) is 0.277. The molecule has 124 valence electrons. The Morgan fingerprint density at radius 1 is 1.05 bits per heavy atom. The molecule has 3 heteroatoms. The first-order valence-electron chi connectivity index (χ1n) is 8.26. The minimum Gasteiger partial charge on any atom is -0.481 e. The van der Waals surface area contributed by atoms with E-state index in [2.05, 4.69) is 30.9 Å². The van der Waals surface area contributed by atoms with Crippen LogP contribution in [0.2, 0.25) is 0 Å². The summed E-state index contributed by atoms with van der Waals surface area (Å²) in [7, 11) is 0. The average Bonchev–Trinajstić information content (AvgIpc) is 2.50. The van der Waals surface area contributed by atoms with E-state index >= 15 is 0 Å². The van der Waals surface area contributed by atoms with E-state index in [1.54, 1.807) is 6.08 Å². The van der Waals surface area contributed by atoms with Gasteiger partial charge < -0.3 is 9.84 Å². The largest absolute Gasteiger partial charge is 0.481 e. The molecule has 0 saturated heterocycles. The summed E-state index contributed by atoms with van der Waals surface area (Å²) < 4.78 is 5.42. The van der Waals surface area contributed by atoms with Gasteiger partial charge in [-0.1, -0.05) is 50.5 Å². The lowest BCUT2D eigenvalue weighted by molar-refractivity contribution is -0.135. The van der Waals surface area contributed by atoms with Crippen LogP contribution in [0.3, 0.4) is 0 Å². The molecule has 22 heavy (non-hydrogen) atoms. The molecule has 0 bridgehead atoms. The van der Waals surface area contributed by atoms with Crippen LogP contribution in [0.1, 0.15) is 58.3 Å². The predicted octanol–water partition coefficient (Wildman–Crippen LogP) is 5.05. The van der Waals surface area contributed by atoms with Crippen LogP contribution in [0.15, 0.2) is 42.2 Å². The highest BCUT2D eigenvalue weighted by molar-refractivity contribution is 5.68. The Bertz CT molecular complexity index is 374. The van der Waals surface area contributed by atoms with E-state index in [0.29, 0.717) is 13.2 Å². The van der Waals surface area contributed by atoms with E-state index in [1.807, 2.05) is 6.08 Å². The third-order valence-corrected chi connectivity index (χ3v) is 2.96. The molecular formula is C19H30O3. The molecule has 0 amide bonds. The molecule has 0 fully saturated rings. The first-order valence-corrected chi connectivity index (χ1v) is 8.26. The molecule has 0 unspecified atom stereocenters. The van der Waals surface area contributed by atoms with Crippen LogP contribution in [0, 0.1) is 0 Å². The van der Waals surface area contributed by atoms with Gasteiger partial charge in [-0.25, -0.2) is 0 Å². The Balaban J connectivity index is 3.35. The molecule has 0 aliphatic rings. The van der Waals surface area contributed by atoms with E-state index in [-0.39, 0.29) is 6.42 Å². The molecule has 0 heterocycles. The van der Waals surface area contributed by atoms with Crippen molar-refractivity contribution in [3.8, 4) is 0 Å². The molecule has 0 aliphatic carbocycles. The summed E-state index contributed by atoms with van der Waals surface area (Å²) in [6.07, 6.45) is 20.1. The van der Waals surface area contributed by atoms with Gasteiger partial charge in [-0.05, 0) is 37.8 Å². The van der Waals surface area contributed by atoms with Crippen LogP contribution >= 0.6 is 0 Å². The summed E-state index contributed by atoms with van der Waals surface area (Å²) >= 11 is 0. The Kier molecular flexibility index (Phi) is 16.2. The third-order valence-electron chi connectivity index (χ3n) is 2.96. The Morgan fingerprint density at radius 3 is 2.64 bits per heavy atom. The van der Waals surface area contributed by atoms with Crippen LogP contribution in [0.4, 0.5) is 0 Å². The number of carbonyl (C=O) groups is 1. The predicted molar refractivity (Wildman–Crippen MR) is 92.0 cm³/mol. The fourth-order valence-corrected chi connectivity index (χ4v) is 1.75. The van der Waals surface area contributed by atoms with Gasteiger partial charge >= 0.3 is 5.97 Å². The monoisotopic (exact) mass is 306 g/mol. The number of hydrogen-bond donors (Lipinski definition) is 1. The summed E-state index contributed by atoms with van der Waals surface area (Å²) in [6.45, 7) is 3.48. The molecular weight excluding hydrogens is 276 g/mol. The number of ether oxygens (including phenoxy) is 1. The van der Waals surface area contributed by atoms with E-state index in [9.17, 15) is 4.79 Å². The number of unbranched alkanes of at least 4 members (excludes halogenated alkanes) is 4. The molecule has 0 aromatic carbocycles. The van der Waals surface area contributed by atoms with Crippen molar-refractivity contribution >= 4 is 5.97 Å². The molecule has 0 rings (SSSR count). The smallest absolute Gasteiger partial charge is 0.307 e. The second-order valence-electron chi connectivity index (χ2n) is 5.06. The SMILES string of the molecule is CCCCCC/C=C\C/C=C\COCCC=C=CCC(=O)O. The zero-order valence-electron chi connectivity index (χ0n) is 13.8. The fraction of sp³-hybridized carbons (Fsp3) is 0.579. The summed E-state index contributed by atoms with van der Waals surface area (Å²) in [4.78, 5) is 10.2. The number of hydrogen-bond acceptors (Lipinski definition) is 2. The molecule has 0 aromatic heterocycles. The minimum atomic E-state index is -0.836. The first-order chi connectivity index (χ1) is 10.8. The van der Waals surface area contributed by atoms with Gasteiger partial charge in [-0.2, -0.15) is 0 Å². The molecule has 0 saturated carbocycles. The van der Waals surface area contributed by atoms with Crippen molar-refractivity contribution in [1.29, 1.82) is 0 Å². The van der Waals surface area contributed by atoms with Gasteiger partial charge in [0.15, 0.2) is 0 Å². The highest BCUT2D eigenvalue weighted by Crippen LogP contribution is 2.03. The number of carboxylic acids is 1. The molecule has 1 N–H and O–H groups in total. The summed E-state index contributed by atoms with van der Waals surface area (Å²) in [5, 5.41) is 8.42. The number of allylic oxidation sites excluding steroid dienone is 3. The standard InChI is InChI=1S/C19H30O3/c1-2-3-4-5-6-7-8-9-11-14-17-22-18-15-12-10-13-16-19(20)21/h7-8,11-14H,2-6,9,15-18H2,1H3,(H,20,21)/b8-7-,14-11-. The highest BCUT2D eigenvalue weighted by Gasteiger charge is 1.87. The van der Waals surface area contributed by atoms with Gasteiger partial charge in [-0.3, -0.25) is 4.79 Å². The fourth-order valence-electron chi connectivity index (χ4n) is 1.75. The van der Waals surface area contributed by atoms with E-state index in [1.165, 1.54) is 38.2 Å². The molecule has 3 nitrogen and oxygen atoms in total. The van der Waals surface area contributed by atoms with Crippen molar-refractivity contribution in [3.63, 3.8) is 0 Å². The molecule has 0 spiro atoms. The molecule has 0 atom stereocenters. The van der Waals surface area contributed by atoms with Crippen molar-refractivity contribution in [3.05, 3.63) is 42.2 Å². The summed E-state index contributed by atoms with van der Waals surface area (Å²) in [6, 6.07) is 0. The summed E-state index contributed by atoms with van der Waals surface area (Å²) in [5.41, 5.74) is 2.82. The lowest BCUT2D eigenvalue weighted by Crippen LogP contribution is -1.92. The average molecular weight is 306 g/mol. The van der Waals surface area contributed by atoms with Gasteiger partial charge in [0.2, 0.25) is 0 Å². The third kappa shape index (κ3) is 18.4. The van der Waals surface area contributed by atoms with Gasteiger partial charge in [0, 0.05) is 0 Å². The van der Waals surface area contributed by atoms with Crippen LogP contribution in [-0.4, -0.2) is 24.3 Å². The van der Waals surface area contributed by atoms with Crippen molar-refractivity contribution in [1.82, 2.24) is 0 Å². The van der Waals surface area contributed by atoms with Gasteiger partial charge in [0.1, 0.15) is 0 Å². The van der Waals surface area contributed by atoms with Gasteiger partial charge in [-0.15, -0.1) is 5.73 Å². The van der Waals surface area contributed by atoms with E-state index in [4.69, 9.17) is 9.84 Å². The molecule has 0 aliphatic heterocycles. The topological polar surface area (TPSA) is 46.5 Å². The maximum atomic E-state index is 10.2. The van der Waals surface area contributed by atoms with Crippen LogP contribution in [0.25, 0.3) is 0 Å². The van der Waals surface area contributed by atoms with E-state index in [0.717, 1.165) is 12.8 Å². The second-order valence-corrected chi connectivity index (χ2v) is 5.06. The number of aliphatic carboxylic acids is 1. The van der Waals surface area contributed by atoms with Gasteiger partial charge in [0.05, 0.1) is 19.6 Å². The highest BCUT2D eigenvalue weighted by atomic mass is 16.5. The Morgan fingerprint density at radius 2 is 1.86 bits per heavy atom. The minimum absolute atomic E-state index is 0.0201. The number of rotatable bonds is 14. The molecule has 0 aromatic rings. The van der Waals surface area contributed by atoms with Crippen LogP contribution < -0.4 is 0 Å². The normalized spacial score (nSPS) is 11.0. The molecule has 0 radical (unpaired) electrons. The van der Waals surface area contributed by atoms with E-state index < -0.39 is 5.97 Å². The van der Waals surface area contributed by atoms with Crippen LogP contribution in [-0.2, 0) is 9.53 Å². The maximum absolute atomic E-state index is 10.2.